The van der Waals surface area contributed by atoms with Crippen molar-refractivity contribution in [2.45, 2.75) is 18.9 Å². The molecular weight excluding hydrogens is 248 g/mol. The second-order valence-corrected chi connectivity index (χ2v) is 4.62. The Labute approximate surface area is 102 Å². The molecular formula is C9H11ClN4O3. The first-order valence-electron chi connectivity index (χ1n) is 5.03. The molecule has 1 fully saturated rings. The summed E-state index contributed by atoms with van der Waals surface area (Å²) in [6.45, 7) is 2.48. The molecule has 1 aromatic rings. The van der Waals surface area contributed by atoms with Gasteiger partial charge in [-0.3, -0.25) is 10.1 Å². The predicted octanol–water partition coefficient (Wildman–Crippen LogP) is 0.999. The molecule has 1 aliphatic heterocycles. The van der Waals surface area contributed by atoms with Crippen LogP contribution in [0.1, 0.15) is 13.3 Å². The van der Waals surface area contributed by atoms with Crippen molar-refractivity contribution in [2.75, 3.05) is 18.0 Å². The van der Waals surface area contributed by atoms with Crippen molar-refractivity contribution < 1.29 is 10.0 Å². The molecule has 0 spiro atoms. The van der Waals surface area contributed by atoms with Gasteiger partial charge in [0.15, 0.2) is 0 Å². The Kier molecular flexibility index (Phi) is 2.88. The SMILES string of the molecule is CC1(O)CCN(c2ncnc(Cl)c2[N+](=O)[O-])C1. The van der Waals surface area contributed by atoms with Gasteiger partial charge in [0.05, 0.1) is 10.5 Å². The highest BCUT2D eigenvalue weighted by Gasteiger charge is 2.36. The molecule has 1 unspecified atom stereocenters. The number of hydrogen-bond donors (Lipinski definition) is 1. The number of hydrogen-bond acceptors (Lipinski definition) is 6. The van der Waals surface area contributed by atoms with Crippen LogP contribution in [-0.4, -0.2) is 38.7 Å². The Morgan fingerprint density at radius 2 is 2.35 bits per heavy atom. The lowest BCUT2D eigenvalue weighted by Crippen LogP contribution is -2.30. The lowest BCUT2D eigenvalue weighted by atomic mass is 10.1. The van der Waals surface area contributed by atoms with Crippen molar-refractivity contribution in [1.29, 1.82) is 0 Å². The van der Waals surface area contributed by atoms with E-state index in [1.807, 2.05) is 0 Å². The van der Waals surface area contributed by atoms with Gasteiger partial charge in [0.2, 0.25) is 11.0 Å². The zero-order valence-corrected chi connectivity index (χ0v) is 9.89. The number of anilines is 1. The van der Waals surface area contributed by atoms with E-state index in [0.717, 1.165) is 0 Å². The van der Waals surface area contributed by atoms with E-state index in [2.05, 4.69) is 9.97 Å². The molecule has 0 bridgehead atoms. The fourth-order valence-corrected chi connectivity index (χ4v) is 2.06. The lowest BCUT2D eigenvalue weighted by molar-refractivity contribution is -0.384. The summed E-state index contributed by atoms with van der Waals surface area (Å²) >= 11 is 5.69. The summed E-state index contributed by atoms with van der Waals surface area (Å²) in [6.07, 6.45) is 1.71. The smallest absolute Gasteiger partial charge is 0.348 e. The monoisotopic (exact) mass is 258 g/mol. The Hall–Kier alpha value is -1.47. The minimum absolute atomic E-state index is 0.160. The average Bonchev–Trinajstić information content (AvgIpc) is 2.57. The maximum Gasteiger partial charge on any atom is 0.348 e. The molecule has 0 radical (unpaired) electrons. The summed E-state index contributed by atoms with van der Waals surface area (Å²) in [5.41, 5.74) is -1.17. The Morgan fingerprint density at radius 3 is 2.88 bits per heavy atom. The standard InChI is InChI=1S/C9H11ClN4O3/c1-9(15)2-3-13(4-9)8-6(14(16)17)7(10)11-5-12-8/h5,15H,2-4H2,1H3. The van der Waals surface area contributed by atoms with Crippen LogP contribution >= 0.6 is 11.6 Å². The number of β-amino-alcohol motifs (C(OH)–C–C–N with tert-alkyl or cyclic N) is 1. The van der Waals surface area contributed by atoms with Crippen molar-refractivity contribution in [3.8, 4) is 0 Å². The fraction of sp³-hybridized carbons (Fsp3) is 0.556. The Morgan fingerprint density at radius 1 is 1.65 bits per heavy atom. The summed E-state index contributed by atoms with van der Waals surface area (Å²) in [5, 5.41) is 20.6. The van der Waals surface area contributed by atoms with Crippen molar-refractivity contribution in [3.05, 3.63) is 21.6 Å². The van der Waals surface area contributed by atoms with Gasteiger partial charge in [0.1, 0.15) is 6.33 Å². The van der Waals surface area contributed by atoms with Gasteiger partial charge in [-0.2, -0.15) is 0 Å². The van der Waals surface area contributed by atoms with Crippen LogP contribution in [-0.2, 0) is 0 Å². The van der Waals surface area contributed by atoms with E-state index in [4.69, 9.17) is 11.6 Å². The van der Waals surface area contributed by atoms with Crippen LogP contribution in [0.3, 0.4) is 0 Å². The van der Waals surface area contributed by atoms with Crippen LogP contribution in [0, 0.1) is 10.1 Å². The highest BCUT2D eigenvalue weighted by atomic mass is 35.5. The van der Waals surface area contributed by atoms with Crippen LogP contribution < -0.4 is 4.90 Å². The fourth-order valence-electron chi connectivity index (χ4n) is 1.86. The predicted molar refractivity (Wildman–Crippen MR) is 61.2 cm³/mol. The van der Waals surface area contributed by atoms with E-state index >= 15 is 0 Å². The molecule has 0 amide bonds. The number of aliphatic hydroxyl groups is 1. The average molecular weight is 259 g/mol. The summed E-state index contributed by atoms with van der Waals surface area (Å²) in [4.78, 5) is 19.4. The highest BCUT2D eigenvalue weighted by molar-refractivity contribution is 6.31. The van der Waals surface area contributed by atoms with E-state index in [1.165, 1.54) is 6.33 Å². The summed E-state index contributed by atoms with van der Waals surface area (Å²) in [5.74, 6) is 0.160. The quantitative estimate of drug-likeness (QED) is 0.483. The molecule has 2 heterocycles. The Bertz CT molecular complexity index is 466. The van der Waals surface area contributed by atoms with Crippen LogP contribution in [0.15, 0.2) is 6.33 Å². The molecule has 2 rings (SSSR count). The third kappa shape index (κ3) is 2.29. The van der Waals surface area contributed by atoms with Gasteiger partial charge < -0.3 is 10.0 Å². The van der Waals surface area contributed by atoms with E-state index < -0.39 is 10.5 Å². The topological polar surface area (TPSA) is 92.4 Å². The minimum atomic E-state index is -0.856. The third-order valence-corrected chi connectivity index (χ3v) is 2.97. The number of nitrogens with zero attached hydrogens (tertiary/aromatic N) is 4. The zero-order chi connectivity index (χ0) is 12.6. The molecule has 0 aliphatic carbocycles. The molecule has 1 aliphatic rings. The number of halogens is 1. The van der Waals surface area contributed by atoms with Crippen LogP contribution in [0.4, 0.5) is 11.5 Å². The molecule has 1 aromatic heterocycles. The van der Waals surface area contributed by atoms with Gasteiger partial charge in [-0.1, -0.05) is 11.6 Å². The van der Waals surface area contributed by atoms with Gasteiger partial charge >= 0.3 is 5.69 Å². The van der Waals surface area contributed by atoms with Gasteiger partial charge in [0.25, 0.3) is 0 Å². The van der Waals surface area contributed by atoms with E-state index in [0.29, 0.717) is 19.5 Å². The highest BCUT2D eigenvalue weighted by Crippen LogP contribution is 2.34. The second kappa shape index (κ2) is 4.08. The summed E-state index contributed by atoms with van der Waals surface area (Å²) in [7, 11) is 0. The molecule has 0 saturated carbocycles. The molecule has 0 aromatic carbocycles. The number of rotatable bonds is 2. The van der Waals surface area contributed by atoms with Gasteiger partial charge in [-0.15, -0.1) is 0 Å². The van der Waals surface area contributed by atoms with Crippen molar-refractivity contribution in [1.82, 2.24) is 9.97 Å². The van der Waals surface area contributed by atoms with Gasteiger partial charge in [-0.05, 0) is 13.3 Å². The largest absolute Gasteiger partial charge is 0.388 e. The van der Waals surface area contributed by atoms with E-state index in [9.17, 15) is 15.2 Å². The number of nitro groups is 1. The van der Waals surface area contributed by atoms with E-state index in [1.54, 1.807) is 11.8 Å². The van der Waals surface area contributed by atoms with Gasteiger partial charge in [0, 0.05) is 13.1 Å². The van der Waals surface area contributed by atoms with Crippen molar-refractivity contribution >= 4 is 23.1 Å². The third-order valence-electron chi connectivity index (χ3n) is 2.69. The van der Waals surface area contributed by atoms with Crippen LogP contribution in [0.25, 0.3) is 0 Å². The maximum atomic E-state index is 10.9. The number of aromatic nitrogens is 2. The molecule has 8 heteroatoms. The normalized spacial score (nSPS) is 24.1. The minimum Gasteiger partial charge on any atom is -0.388 e. The van der Waals surface area contributed by atoms with Crippen molar-refractivity contribution in [3.63, 3.8) is 0 Å². The molecule has 1 N–H and O–H groups in total. The molecule has 17 heavy (non-hydrogen) atoms. The zero-order valence-electron chi connectivity index (χ0n) is 9.13. The maximum absolute atomic E-state index is 10.9. The Balaban J connectivity index is 2.40. The first-order chi connectivity index (χ1) is 7.91. The molecule has 1 atom stereocenters. The lowest BCUT2D eigenvalue weighted by Gasteiger charge is -2.19. The van der Waals surface area contributed by atoms with Gasteiger partial charge in [-0.25, -0.2) is 9.97 Å². The summed E-state index contributed by atoms with van der Waals surface area (Å²) in [6, 6.07) is 0. The summed E-state index contributed by atoms with van der Waals surface area (Å²) < 4.78 is 0. The van der Waals surface area contributed by atoms with E-state index in [-0.39, 0.29) is 16.7 Å². The molecule has 7 nitrogen and oxygen atoms in total. The molecule has 1 saturated heterocycles. The first-order valence-corrected chi connectivity index (χ1v) is 5.41. The van der Waals surface area contributed by atoms with Crippen LogP contribution in [0.2, 0.25) is 5.15 Å². The first kappa shape index (κ1) is 12.0. The van der Waals surface area contributed by atoms with Crippen LogP contribution in [0.5, 0.6) is 0 Å². The van der Waals surface area contributed by atoms with Crippen molar-refractivity contribution in [2.24, 2.45) is 0 Å². The molecule has 92 valence electrons. The second-order valence-electron chi connectivity index (χ2n) is 4.26.